The Balaban J connectivity index is 1.49. The highest BCUT2D eigenvalue weighted by atomic mass is 35.5. The number of aromatic nitrogens is 2. The Bertz CT molecular complexity index is 1010. The van der Waals surface area contributed by atoms with E-state index < -0.39 is 0 Å². The van der Waals surface area contributed by atoms with Gasteiger partial charge in [-0.05, 0) is 55.3 Å². The summed E-state index contributed by atoms with van der Waals surface area (Å²) in [5.74, 6) is 0.476. The molecule has 0 aliphatic carbocycles. The first-order chi connectivity index (χ1) is 14.7. The summed E-state index contributed by atoms with van der Waals surface area (Å²) in [6.07, 6.45) is 5.27. The van der Waals surface area contributed by atoms with E-state index in [1.807, 2.05) is 48.5 Å². The number of pyridine rings is 2. The number of amides is 1. The maximum atomic E-state index is 12.5. The highest BCUT2D eigenvalue weighted by Crippen LogP contribution is 2.31. The molecule has 7 heteroatoms. The first-order valence-corrected chi connectivity index (χ1v) is 10.5. The number of carbonyl (C=O) groups excluding carboxylic acids is 1. The Kier molecular flexibility index (Phi) is 6.57. The van der Waals surface area contributed by atoms with E-state index >= 15 is 0 Å². The number of hydrogen-bond donors (Lipinski definition) is 3. The minimum Gasteiger partial charge on any atom is -0.379 e. The van der Waals surface area contributed by atoms with Gasteiger partial charge in [0, 0.05) is 30.2 Å². The molecule has 0 unspecified atom stereocenters. The lowest BCUT2D eigenvalue weighted by Gasteiger charge is -2.21. The van der Waals surface area contributed by atoms with Gasteiger partial charge < -0.3 is 16.0 Å². The van der Waals surface area contributed by atoms with E-state index in [4.69, 9.17) is 11.6 Å². The molecule has 30 heavy (non-hydrogen) atoms. The third kappa shape index (κ3) is 5.14. The number of halogens is 1. The largest absolute Gasteiger partial charge is 0.379 e. The monoisotopic (exact) mass is 421 g/mol. The van der Waals surface area contributed by atoms with Crippen LogP contribution in [0.15, 0.2) is 60.9 Å². The fourth-order valence-electron chi connectivity index (χ4n) is 3.52. The Labute approximate surface area is 181 Å². The summed E-state index contributed by atoms with van der Waals surface area (Å²) in [6.45, 7) is 2.30. The van der Waals surface area contributed by atoms with E-state index in [1.165, 1.54) is 0 Å². The summed E-state index contributed by atoms with van der Waals surface area (Å²) >= 11 is 6.43. The predicted molar refractivity (Wildman–Crippen MR) is 120 cm³/mol. The Morgan fingerprint density at radius 3 is 2.90 bits per heavy atom. The Morgan fingerprint density at radius 2 is 2.10 bits per heavy atom. The van der Waals surface area contributed by atoms with Gasteiger partial charge >= 0.3 is 0 Å². The van der Waals surface area contributed by atoms with Crippen LogP contribution in [0.25, 0.3) is 11.1 Å². The van der Waals surface area contributed by atoms with Crippen molar-refractivity contribution in [2.45, 2.75) is 19.4 Å². The van der Waals surface area contributed by atoms with Gasteiger partial charge in [-0.1, -0.05) is 29.8 Å². The highest BCUT2D eigenvalue weighted by Gasteiger charge is 2.21. The first kappa shape index (κ1) is 20.3. The topological polar surface area (TPSA) is 78.9 Å². The number of carbonyl (C=O) groups is 1. The lowest BCUT2D eigenvalue weighted by molar-refractivity contribution is -0.120. The van der Waals surface area contributed by atoms with Gasteiger partial charge in [-0.25, -0.2) is 4.98 Å². The number of hydrogen-bond acceptors (Lipinski definition) is 5. The number of nitrogens with one attached hydrogen (secondary N) is 3. The van der Waals surface area contributed by atoms with Gasteiger partial charge in [0.05, 0.1) is 23.2 Å². The molecule has 0 radical (unpaired) electrons. The maximum absolute atomic E-state index is 12.5. The highest BCUT2D eigenvalue weighted by molar-refractivity contribution is 6.33. The molecule has 6 nitrogen and oxygen atoms in total. The van der Waals surface area contributed by atoms with Crippen LogP contribution in [-0.2, 0) is 11.3 Å². The molecule has 4 rings (SSSR count). The third-order valence-corrected chi connectivity index (χ3v) is 5.45. The zero-order chi connectivity index (χ0) is 20.8. The molecule has 1 atom stereocenters. The molecule has 1 amide bonds. The van der Waals surface area contributed by atoms with Gasteiger partial charge in [-0.3, -0.25) is 9.78 Å². The van der Waals surface area contributed by atoms with E-state index in [9.17, 15) is 4.79 Å². The summed E-state index contributed by atoms with van der Waals surface area (Å²) in [4.78, 5) is 21.2. The van der Waals surface area contributed by atoms with E-state index in [1.54, 1.807) is 12.4 Å². The molecule has 1 aliphatic rings. The fourth-order valence-corrected chi connectivity index (χ4v) is 3.74. The van der Waals surface area contributed by atoms with Crippen molar-refractivity contribution >= 4 is 29.0 Å². The Hall–Kier alpha value is -2.96. The lowest BCUT2D eigenvalue weighted by atomic mass is 9.99. The molecule has 1 aliphatic heterocycles. The molecular formula is C23H24ClN5O. The number of anilines is 2. The van der Waals surface area contributed by atoms with Crippen LogP contribution < -0.4 is 16.0 Å². The van der Waals surface area contributed by atoms with Gasteiger partial charge in [0.1, 0.15) is 5.82 Å². The molecule has 1 saturated heterocycles. The fraction of sp³-hybridized carbons (Fsp3) is 0.261. The summed E-state index contributed by atoms with van der Waals surface area (Å²) in [5.41, 5.74) is 3.70. The molecule has 2 aromatic heterocycles. The van der Waals surface area contributed by atoms with Crippen LogP contribution in [-0.4, -0.2) is 29.0 Å². The van der Waals surface area contributed by atoms with Crippen molar-refractivity contribution in [3.05, 3.63) is 71.6 Å². The first-order valence-electron chi connectivity index (χ1n) is 10.1. The van der Waals surface area contributed by atoms with Gasteiger partial charge in [-0.15, -0.1) is 0 Å². The quantitative estimate of drug-likeness (QED) is 0.551. The zero-order valence-electron chi connectivity index (χ0n) is 16.6. The van der Waals surface area contributed by atoms with Gasteiger partial charge in [0.15, 0.2) is 0 Å². The second kappa shape index (κ2) is 9.69. The minimum absolute atomic E-state index is 0.00579. The molecule has 3 N–H and O–H groups in total. The molecule has 0 saturated carbocycles. The molecule has 1 fully saturated rings. The lowest BCUT2D eigenvalue weighted by Crippen LogP contribution is -2.37. The van der Waals surface area contributed by atoms with Gasteiger partial charge in [0.2, 0.25) is 5.91 Å². The van der Waals surface area contributed by atoms with E-state index in [0.717, 1.165) is 41.9 Å². The van der Waals surface area contributed by atoms with E-state index in [-0.39, 0.29) is 11.8 Å². The summed E-state index contributed by atoms with van der Waals surface area (Å²) in [7, 11) is 0. The van der Waals surface area contributed by atoms with Crippen LogP contribution in [0.2, 0.25) is 5.02 Å². The van der Waals surface area contributed by atoms with Crippen molar-refractivity contribution in [2.75, 3.05) is 23.7 Å². The van der Waals surface area contributed by atoms with Crippen molar-refractivity contribution in [3.63, 3.8) is 0 Å². The van der Waals surface area contributed by atoms with E-state index in [0.29, 0.717) is 23.9 Å². The van der Waals surface area contributed by atoms with Crippen LogP contribution >= 0.6 is 11.6 Å². The van der Waals surface area contributed by atoms with Crippen molar-refractivity contribution in [1.82, 2.24) is 15.3 Å². The van der Waals surface area contributed by atoms with Gasteiger partial charge in [0.25, 0.3) is 0 Å². The van der Waals surface area contributed by atoms with Crippen LogP contribution in [0.5, 0.6) is 0 Å². The van der Waals surface area contributed by atoms with Crippen LogP contribution in [0.4, 0.5) is 11.5 Å². The van der Waals surface area contributed by atoms with E-state index in [2.05, 4.69) is 25.9 Å². The molecule has 3 aromatic rings. The second-order valence-corrected chi connectivity index (χ2v) is 7.74. The molecule has 154 valence electrons. The molecule has 0 spiro atoms. The SMILES string of the molecule is O=C(Nc1cc(-c2cccc(NCc3ccccn3)c2)c(Cl)cn1)[C@@H]1CCCNC1. The number of rotatable bonds is 6. The van der Waals surface area contributed by atoms with Crippen molar-refractivity contribution in [2.24, 2.45) is 5.92 Å². The summed E-state index contributed by atoms with van der Waals surface area (Å²) < 4.78 is 0. The maximum Gasteiger partial charge on any atom is 0.229 e. The van der Waals surface area contributed by atoms with Crippen LogP contribution in [0.3, 0.4) is 0 Å². The zero-order valence-corrected chi connectivity index (χ0v) is 17.3. The van der Waals surface area contributed by atoms with Crippen LogP contribution in [0.1, 0.15) is 18.5 Å². The van der Waals surface area contributed by atoms with Crippen LogP contribution in [0, 0.1) is 5.92 Å². The number of benzene rings is 1. The normalized spacial score (nSPS) is 16.1. The molecule has 0 bridgehead atoms. The van der Waals surface area contributed by atoms with Crippen molar-refractivity contribution < 1.29 is 4.79 Å². The van der Waals surface area contributed by atoms with Crippen molar-refractivity contribution in [1.29, 1.82) is 0 Å². The predicted octanol–water partition coefficient (Wildman–Crippen LogP) is 4.35. The average molecular weight is 422 g/mol. The number of piperidine rings is 1. The smallest absolute Gasteiger partial charge is 0.229 e. The Morgan fingerprint density at radius 1 is 1.17 bits per heavy atom. The molecular weight excluding hydrogens is 398 g/mol. The summed E-state index contributed by atoms with van der Waals surface area (Å²) in [5, 5.41) is 10.1. The third-order valence-electron chi connectivity index (χ3n) is 5.15. The molecule has 1 aromatic carbocycles. The molecule has 3 heterocycles. The van der Waals surface area contributed by atoms with Gasteiger partial charge in [-0.2, -0.15) is 0 Å². The summed E-state index contributed by atoms with van der Waals surface area (Å²) in [6, 6.07) is 15.7. The average Bonchev–Trinajstić information content (AvgIpc) is 2.80. The second-order valence-electron chi connectivity index (χ2n) is 7.34. The van der Waals surface area contributed by atoms with Crippen molar-refractivity contribution in [3.8, 4) is 11.1 Å². The standard InChI is InChI=1S/C23H24ClN5O/c24-21-15-28-22(29-23(30)17-6-4-9-25-13-17)12-20(21)16-5-3-8-18(11-16)27-14-19-7-1-2-10-26-19/h1-3,5,7-8,10-12,15,17,25,27H,4,6,9,13-14H2,(H,28,29,30)/t17-/m1/s1. The number of nitrogens with zero attached hydrogens (tertiary/aromatic N) is 2. The minimum atomic E-state index is -0.0289.